The minimum atomic E-state index is -0.693. The van der Waals surface area contributed by atoms with Crippen LogP contribution in [-0.2, 0) is 0 Å². The number of primary amides is 1. The van der Waals surface area contributed by atoms with Gasteiger partial charge in [-0.2, -0.15) is 0 Å². The van der Waals surface area contributed by atoms with E-state index in [2.05, 4.69) is 4.72 Å². The monoisotopic (exact) mass is 213 g/mol. The van der Waals surface area contributed by atoms with E-state index in [0.29, 0.717) is 4.90 Å². The van der Waals surface area contributed by atoms with Gasteiger partial charge in [0.15, 0.2) is 0 Å². The number of amides is 2. The molecule has 0 radical (unpaired) electrons. The largest absolute Gasteiger partial charge is 0.351 e. The van der Waals surface area contributed by atoms with Crippen LogP contribution < -0.4 is 10.5 Å². The summed E-state index contributed by atoms with van der Waals surface area (Å²) in [6.07, 6.45) is 0. The van der Waals surface area contributed by atoms with Crippen molar-refractivity contribution in [3.05, 3.63) is 34.4 Å². The summed E-state index contributed by atoms with van der Waals surface area (Å²) in [5.74, 6) is 0. The molecule has 0 fully saturated rings. The molecular weight excluding hydrogens is 206 g/mol. The Morgan fingerprint density at radius 2 is 2.29 bits per heavy atom. The minimum Gasteiger partial charge on any atom is -0.351 e. The number of non-ortho nitro benzene ring substituents is 1. The second kappa shape index (κ2) is 4.47. The third-order valence-electron chi connectivity index (χ3n) is 1.30. The van der Waals surface area contributed by atoms with Crippen molar-refractivity contribution in [3.8, 4) is 0 Å². The van der Waals surface area contributed by atoms with Gasteiger partial charge in [0.05, 0.1) is 4.92 Å². The molecule has 0 aliphatic heterocycles. The van der Waals surface area contributed by atoms with E-state index in [-0.39, 0.29) is 5.69 Å². The van der Waals surface area contributed by atoms with Crippen LogP contribution in [0, 0.1) is 10.1 Å². The van der Waals surface area contributed by atoms with Crippen molar-refractivity contribution in [2.24, 2.45) is 5.73 Å². The van der Waals surface area contributed by atoms with Crippen LogP contribution in [0.1, 0.15) is 0 Å². The fourth-order valence-corrected chi connectivity index (χ4v) is 1.31. The highest BCUT2D eigenvalue weighted by atomic mass is 32.2. The van der Waals surface area contributed by atoms with Gasteiger partial charge in [-0.3, -0.25) is 14.8 Å². The van der Waals surface area contributed by atoms with Crippen LogP contribution >= 0.6 is 11.9 Å². The Hall–Kier alpha value is -1.76. The summed E-state index contributed by atoms with van der Waals surface area (Å²) in [4.78, 5) is 20.8. The summed E-state index contributed by atoms with van der Waals surface area (Å²) >= 11 is 0.931. The van der Waals surface area contributed by atoms with E-state index in [1.165, 1.54) is 18.2 Å². The maximum atomic E-state index is 10.4. The molecule has 74 valence electrons. The molecule has 7 heteroatoms. The van der Waals surface area contributed by atoms with Gasteiger partial charge >= 0.3 is 6.03 Å². The molecule has 0 atom stereocenters. The van der Waals surface area contributed by atoms with Crippen molar-refractivity contribution >= 4 is 23.7 Å². The first-order valence-electron chi connectivity index (χ1n) is 3.56. The van der Waals surface area contributed by atoms with Crippen LogP contribution in [0.3, 0.4) is 0 Å². The predicted molar refractivity (Wildman–Crippen MR) is 51.7 cm³/mol. The van der Waals surface area contributed by atoms with Crippen LogP contribution in [0.25, 0.3) is 0 Å². The van der Waals surface area contributed by atoms with Gasteiger partial charge in [-0.15, -0.1) is 0 Å². The summed E-state index contributed by atoms with van der Waals surface area (Å²) in [6.45, 7) is 0. The number of carbonyl (C=O) groups excluding carboxylic acids is 1. The number of nitro groups is 1. The van der Waals surface area contributed by atoms with Crippen molar-refractivity contribution in [1.29, 1.82) is 0 Å². The standard InChI is InChI=1S/C7H7N3O3S/c8-7(11)9-14-6-3-1-2-5(4-6)10(12)13/h1-4H,(H3,8,9,11). The SMILES string of the molecule is NC(=O)NSc1cccc([N+](=O)[O-])c1. The van der Waals surface area contributed by atoms with Crippen LogP contribution in [0.5, 0.6) is 0 Å². The minimum absolute atomic E-state index is 0.0266. The lowest BCUT2D eigenvalue weighted by molar-refractivity contribution is -0.385. The molecule has 0 saturated carbocycles. The van der Waals surface area contributed by atoms with E-state index < -0.39 is 11.0 Å². The van der Waals surface area contributed by atoms with Crippen molar-refractivity contribution in [2.45, 2.75) is 4.90 Å². The smallest absolute Gasteiger partial charge is 0.322 e. The van der Waals surface area contributed by atoms with Crippen LogP contribution in [0.15, 0.2) is 29.2 Å². The number of nitrogens with one attached hydrogen (secondary N) is 1. The summed E-state index contributed by atoms with van der Waals surface area (Å²) in [5, 5.41) is 10.4. The number of nitro benzene ring substituents is 1. The predicted octanol–water partition coefficient (Wildman–Crippen LogP) is 1.27. The van der Waals surface area contributed by atoms with E-state index in [1.807, 2.05) is 0 Å². The summed E-state index contributed by atoms with van der Waals surface area (Å²) in [5.41, 5.74) is 4.81. The molecule has 14 heavy (non-hydrogen) atoms. The number of rotatable bonds is 3. The van der Waals surface area contributed by atoms with Gasteiger partial charge in [0.1, 0.15) is 0 Å². The Morgan fingerprint density at radius 3 is 2.86 bits per heavy atom. The van der Waals surface area contributed by atoms with E-state index in [1.54, 1.807) is 6.07 Å². The first-order valence-corrected chi connectivity index (χ1v) is 4.38. The summed E-state index contributed by atoms with van der Waals surface area (Å²) in [6, 6.07) is 5.19. The fraction of sp³-hybridized carbons (Fsp3) is 0. The van der Waals surface area contributed by atoms with Gasteiger partial charge in [-0.25, -0.2) is 4.79 Å². The summed E-state index contributed by atoms with van der Waals surface area (Å²) < 4.78 is 2.26. The number of urea groups is 1. The molecule has 1 rings (SSSR count). The Kier molecular flexibility index (Phi) is 3.29. The number of nitrogens with zero attached hydrogens (tertiary/aromatic N) is 1. The molecule has 0 aliphatic carbocycles. The molecule has 0 spiro atoms. The lowest BCUT2D eigenvalue weighted by Crippen LogP contribution is -2.22. The molecule has 0 aliphatic rings. The number of carbonyl (C=O) groups is 1. The lowest BCUT2D eigenvalue weighted by Gasteiger charge is -1.99. The molecule has 6 nitrogen and oxygen atoms in total. The van der Waals surface area contributed by atoms with Crippen molar-refractivity contribution in [2.75, 3.05) is 0 Å². The van der Waals surface area contributed by atoms with E-state index in [0.717, 1.165) is 11.9 Å². The number of hydrogen-bond donors (Lipinski definition) is 2. The normalized spacial score (nSPS) is 9.43. The molecule has 0 unspecified atom stereocenters. The first-order chi connectivity index (χ1) is 6.59. The zero-order chi connectivity index (χ0) is 10.6. The van der Waals surface area contributed by atoms with Gasteiger partial charge in [-0.05, 0) is 18.0 Å². The van der Waals surface area contributed by atoms with Gasteiger partial charge in [0.25, 0.3) is 5.69 Å². The van der Waals surface area contributed by atoms with Crippen molar-refractivity contribution in [1.82, 2.24) is 4.72 Å². The third-order valence-corrected chi connectivity index (χ3v) is 2.09. The Bertz CT molecular complexity index is 369. The molecule has 0 aromatic heterocycles. The average molecular weight is 213 g/mol. The van der Waals surface area contributed by atoms with Gasteiger partial charge < -0.3 is 5.73 Å². The van der Waals surface area contributed by atoms with Crippen LogP contribution in [0.2, 0.25) is 0 Å². The maximum Gasteiger partial charge on any atom is 0.322 e. The van der Waals surface area contributed by atoms with E-state index in [9.17, 15) is 14.9 Å². The number of nitrogens with two attached hydrogens (primary N) is 1. The van der Waals surface area contributed by atoms with E-state index in [4.69, 9.17) is 5.73 Å². The molecular formula is C7H7N3O3S. The highest BCUT2D eigenvalue weighted by Gasteiger charge is 2.05. The van der Waals surface area contributed by atoms with Crippen LogP contribution in [-0.4, -0.2) is 11.0 Å². The Morgan fingerprint density at radius 1 is 1.57 bits per heavy atom. The van der Waals surface area contributed by atoms with Gasteiger partial charge in [0.2, 0.25) is 0 Å². The molecule has 0 bridgehead atoms. The zero-order valence-electron chi connectivity index (χ0n) is 6.97. The number of benzene rings is 1. The molecule has 3 N–H and O–H groups in total. The molecule has 1 aromatic carbocycles. The average Bonchev–Trinajstić information content (AvgIpc) is 2.15. The maximum absolute atomic E-state index is 10.4. The summed E-state index contributed by atoms with van der Waals surface area (Å²) in [7, 11) is 0. The quantitative estimate of drug-likeness (QED) is 0.448. The molecule has 2 amide bonds. The molecule has 1 aromatic rings. The van der Waals surface area contributed by atoms with Crippen molar-refractivity contribution in [3.63, 3.8) is 0 Å². The molecule has 0 heterocycles. The second-order valence-corrected chi connectivity index (χ2v) is 3.20. The number of hydrogen-bond acceptors (Lipinski definition) is 4. The highest BCUT2D eigenvalue weighted by Crippen LogP contribution is 2.20. The van der Waals surface area contributed by atoms with Crippen molar-refractivity contribution < 1.29 is 9.72 Å². The highest BCUT2D eigenvalue weighted by molar-refractivity contribution is 7.98. The fourth-order valence-electron chi connectivity index (χ4n) is 0.770. The topological polar surface area (TPSA) is 98.3 Å². The third kappa shape index (κ3) is 2.94. The lowest BCUT2D eigenvalue weighted by atomic mass is 10.3. The second-order valence-electron chi connectivity index (χ2n) is 2.32. The Labute approximate surface area is 83.8 Å². The Balaban J connectivity index is 2.73. The van der Waals surface area contributed by atoms with Gasteiger partial charge in [0, 0.05) is 17.0 Å². The van der Waals surface area contributed by atoms with Crippen LogP contribution in [0.4, 0.5) is 10.5 Å². The first kappa shape index (κ1) is 10.3. The molecule has 0 saturated heterocycles. The van der Waals surface area contributed by atoms with Gasteiger partial charge in [-0.1, -0.05) is 6.07 Å². The zero-order valence-corrected chi connectivity index (χ0v) is 7.78. The van der Waals surface area contributed by atoms with E-state index >= 15 is 0 Å².